The van der Waals surface area contributed by atoms with E-state index in [1.807, 2.05) is 11.9 Å². The zero-order valence-electron chi connectivity index (χ0n) is 70.1. The van der Waals surface area contributed by atoms with Crippen LogP contribution in [0.3, 0.4) is 0 Å². The maximum Gasteiger partial charge on any atom is 0.573 e. The quantitative estimate of drug-likeness (QED) is 0.0364. The van der Waals surface area contributed by atoms with Gasteiger partial charge in [0.1, 0.15) is 95.2 Å². The second kappa shape index (κ2) is 43.6. The van der Waals surface area contributed by atoms with Crippen LogP contribution in [-0.4, -0.2) is 177 Å². The molecule has 0 unspecified atom stereocenters. The van der Waals surface area contributed by atoms with Crippen LogP contribution in [0.5, 0.6) is 46.0 Å². The summed E-state index contributed by atoms with van der Waals surface area (Å²) in [6, 6.07) is 47.5. The fraction of sp³-hybridized carbons (Fsp3) is 0.269. The fourth-order valence-electron chi connectivity index (χ4n) is 14.0. The van der Waals surface area contributed by atoms with Crippen molar-refractivity contribution in [3.05, 3.63) is 308 Å². The van der Waals surface area contributed by atoms with E-state index in [1.165, 1.54) is 183 Å². The van der Waals surface area contributed by atoms with E-state index in [0.717, 1.165) is 107 Å². The number of hydrogen-bond acceptors (Lipinski definition) is 18. The van der Waals surface area contributed by atoms with E-state index in [2.05, 4.69) is 28.7 Å². The smallest absolute Gasteiger partial charge is 0.491 e. The highest BCUT2D eigenvalue weighted by Gasteiger charge is 2.35. The molecule has 132 heavy (non-hydrogen) atoms. The van der Waals surface area contributed by atoms with Crippen molar-refractivity contribution in [3.63, 3.8) is 0 Å². The third-order valence-electron chi connectivity index (χ3n) is 20.5. The first-order chi connectivity index (χ1) is 62.7. The number of pyridine rings is 4. The molecular weight excluding hydrogens is 1790 g/mol. The Kier molecular flexibility index (Phi) is 32.2. The molecule has 0 radical (unpaired) electrons. The van der Waals surface area contributed by atoms with Gasteiger partial charge in [-0.25, -0.2) is 26.0 Å². The van der Waals surface area contributed by atoms with Gasteiger partial charge in [-0.2, -0.15) is 0 Å². The monoisotopic (exact) mass is 1870 g/mol. The molecule has 0 atom stereocenters. The molecule has 4 aromatic heterocycles. The molecule has 8 aromatic carbocycles. The standard InChI is InChI=1S/C24H22F4N2O5S.2C24H22F4N2O3.C21H17F4NO4/c25-18-3-1-17(2-4-18)21-16-30(19-5-7-20(8-6-19)35-24(26,27)28)23(31)15-22(21)34-12-9-29-10-13-36(32,33)14-11-29;1-29-12-10-19(11-13-29)32-22-14-23(31)30(15-21(22)16-2-4-17(25)5-3-16)18-6-8-20(9-7-18)33-24(26,27)28;25-18-5-3-17(4-6-18)21-16-30(19-7-9-20(10-8-19)33-24(26,27)28)23(31)15-22(21)32-14-13-29-11-1-2-12-29;1-28-10-11-29-19-12-20(27)26(13-18(19)14-2-4-15(22)5-3-14)16-6-8-17(9-7-16)30-21(23,24)25/h1-8,15-16H,9-14H2;2-9,14-15,19H,10-13H2,1H3;3-10,15-16H,1-2,11-14H2;2-9,12-13H,10-11H2,1H3. The van der Waals surface area contributed by atoms with Crippen molar-refractivity contribution in [2.24, 2.45) is 0 Å². The number of nitrogens with zero attached hydrogens (tertiary/aromatic N) is 7. The summed E-state index contributed by atoms with van der Waals surface area (Å²) in [7, 11) is 0.534. The fourth-order valence-corrected chi connectivity index (χ4v) is 15.3. The lowest BCUT2D eigenvalue weighted by Crippen LogP contribution is -2.42. The van der Waals surface area contributed by atoms with Crippen LogP contribution in [0, 0.1) is 23.3 Å². The molecule has 39 heteroatoms. The van der Waals surface area contributed by atoms with E-state index >= 15 is 0 Å². The Morgan fingerprint density at radius 2 is 0.591 bits per heavy atom. The summed E-state index contributed by atoms with van der Waals surface area (Å²) in [5.74, 6) is -1.86. The van der Waals surface area contributed by atoms with Gasteiger partial charge in [0.05, 0.1) is 18.1 Å². The molecule has 15 rings (SSSR count). The number of rotatable bonds is 26. The van der Waals surface area contributed by atoms with Crippen molar-refractivity contribution >= 4 is 9.84 Å². The lowest BCUT2D eigenvalue weighted by Gasteiger charge is -2.30. The van der Waals surface area contributed by atoms with E-state index in [4.69, 9.17) is 23.7 Å². The molecule has 0 bridgehead atoms. The minimum absolute atomic E-state index is 0.0607. The average Bonchev–Trinajstić information content (AvgIpc) is 0.829. The maximum atomic E-state index is 13.5. The summed E-state index contributed by atoms with van der Waals surface area (Å²) in [5, 5.41) is 0. The number of benzene rings is 8. The number of sulfone groups is 1. The van der Waals surface area contributed by atoms with Crippen LogP contribution in [0.25, 0.3) is 67.3 Å². The summed E-state index contributed by atoms with van der Waals surface area (Å²) < 4.78 is 275. The van der Waals surface area contributed by atoms with Gasteiger partial charge in [0.2, 0.25) is 0 Å². The number of likely N-dealkylation sites (tertiary alicyclic amines) is 2. The van der Waals surface area contributed by atoms with E-state index in [0.29, 0.717) is 112 Å². The normalized spacial score (nSPS) is 14.4. The third kappa shape index (κ3) is 28.8. The minimum Gasteiger partial charge on any atom is -0.491 e. The summed E-state index contributed by atoms with van der Waals surface area (Å²) in [4.78, 5) is 57.6. The van der Waals surface area contributed by atoms with Gasteiger partial charge in [-0.1, -0.05) is 48.5 Å². The van der Waals surface area contributed by atoms with E-state index in [9.17, 15) is 97.8 Å². The highest BCUT2D eigenvalue weighted by atomic mass is 32.2. The molecule has 0 N–H and O–H groups in total. The van der Waals surface area contributed by atoms with Crippen LogP contribution < -0.4 is 60.1 Å². The first-order valence-corrected chi connectivity index (χ1v) is 42.5. The SMILES string of the molecule is CN1CCC(Oc2cc(=O)n(-c3ccc(OC(F)(F)F)cc3)cc2-c2ccc(F)cc2)CC1.COCCOc1cc(=O)n(-c2ccc(OC(F)(F)F)cc2)cc1-c1ccc(F)cc1.O=c1cc(OCCN2CCCC2)c(-c2ccc(F)cc2)cn1-c1ccc(OC(F)(F)F)cc1.O=c1cc(OCCN2CCS(=O)(=O)CC2)c(-c2ccc(F)cc2)cn1-c1ccc(OC(F)(F)F)cc1. The van der Waals surface area contributed by atoms with Crippen molar-refractivity contribution in [3.8, 4) is 113 Å². The van der Waals surface area contributed by atoms with Crippen molar-refractivity contribution in [1.82, 2.24) is 33.0 Å². The molecule has 0 saturated carbocycles. The number of ether oxygens (including phenoxy) is 9. The summed E-state index contributed by atoms with van der Waals surface area (Å²) in [6.45, 7) is 6.81. The molecule has 0 amide bonds. The van der Waals surface area contributed by atoms with Crippen LogP contribution in [0.1, 0.15) is 25.7 Å². The number of piperidine rings is 1. The van der Waals surface area contributed by atoms with Gasteiger partial charge < -0.3 is 47.5 Å². The largest absolute Gasteiger partial charge is 0.573 e. The highest BCUT2D eigenvalue weighted by molar-refractivity contribution is 7.91. The minimum atomic E-state index is -4.84. The van der Waals surface area contributed by atoms with Gasteiger partial charge in [0.15, 0.2) is 9.84 Å². The van der Waals surface area contributed by atoms with Gasteiger partial charge in [0.25, 0.3) is 22.2 Å². The average molecular weight is 1870 g/mol. The zero-order chi connectivity index (χ0) is 94.7. The predicted octanol–water partition coefficient (Wildman–Crippen LogP) is 18.3. The Bertz CT molecular complexity index is 6200. The molecule has 3 aliphatic rings. The van der Waals surface area contributed by atoms with Gasteiger partial charge in [0, 0.05) is 140 Å². The Morgan fingerprint density at radius 1 is 0.333 bits per heavy atom. The van der Waals surface area contributed by atoms with Gasteiger partial charge in [-0.05, 0) is 214 Å². The Hall–Kier alpha value is -13.4. The molecule has 698 valence electrons. The van der Waals surface area contributed by atoms with Crippen molar-refractivity contribution in [1.29, 1.82) is 0 Å². The highest BCUT2D eigenvalue weighted by Crippen LogP contribution is 2.38. The molecule has 3 saturated heterocycles. The Balaban J connectivity index is 0.000000159. The number of hydrogen-bond donors (Lipinski definition) is 0. The van der Waals surface area contributed by atoms with Crippen LogP contribution >= 0.6 is 0 Å². The van der Waals surface area contributed by atoms with Crippen LogP contribution in [0.2, 0.25) is 0 Å². The Morgan fingerprint density at radius 3 is 0.864 bits per heavy atom. The van der Waals surface area contributed by atoms with Crippen LogP contribution in [0.4, 0.5) is 70.2 Å². The molecule has 0 aliphatic carbocycles. The Labute approximate surface area is 743 Å². The van der Waals surface area contributed by atoms with E-state index in [-0.39, 0.29) is 53.8 Å². The number of aromatic nitrogens is 4. The number of alkyl halides is 12. The van der Waals surface area contributed by atoms with Crippen LogP contribution in [0.15, 0.2) is 262 Å². The second-order valence-electron chi connectivity index (χ2n) is 29.9. The molecule has 22 nitrogen and oxygen atoms in total. The summed E-state index contributed by atoms with van der Waals surface area (Å²) >= 11 is 0. The first kappa shape index (κ1) is 97.7. The molecule has 0 spiro atoms. The van der Waals surface area contributed by atoms with Crippen LogP contribution in [-0.2, 0) is 14.6 Å². The molecule has 3 aliphatic heterocycles. The van der Waals surface area contributed by atoms with E-state index in [1.54, 1.807) is 36.7 Å². The van der Waals surface area contributed by atoms with Gasteiger partial charge in [-0.3, -0.25) is 47.2 Å². The van der Waals surface area contributed by atoms with Crippen molar-refractivity contribution < 1.29 is 121 Å². The molecule has 12 aromatic rings. The van der Waals surface area contributed by atoms with Crippen molar-refractivity contribution in [2.75, 3.05) is 104 Å². The van der Waals surface area contributed by atoms with Crippen molar-refractivity contribution in [2.45, 2.75) is 57.2 Å². The number of halogens is 16. The number of methoxy groups -OCH3 is 1. The summed E-state index contributed by atoms with van der Waals surface area (Å²) in [6.07, 6.45) is -9.34. The van der Waals surface area contributed by atoms with Gasteiger partial charge in [-0.15, -0.1) is 52.7 Å². The third-order valence-corrected chi connectivity index (χ3v) is 22.2. The van der Waals surface area contributed by atoms with Gasteiger partial charge >= 0.3 is 25.4 Å². The lowest BCUT2D eigenvalue weighted by molar-refractivity contribution is -0.275. The molecule has 7 heterocycles. The topological polar surface area (TPSA) is 215 Å². The molecule has 3 fully saturated rings. The zero-order valence-corrected chi connectivity index (χ0v) is 70.9. The second-order valence-corrected chi connectivity index (χ2v) is 32.2. The van der Waals surface area contributed by atoms with E-state index < -0.39 is 92.3 Å². The summed E-state index contributed by atoms with van der Waals surface area (Å²) in [5.41, 5.74) is 4.06. The lowest BCUT2D eigenvalue weighted by atomic mass is 10.1. The maximum absolute atomic E-state index is 13.5. The molecular formula is C93H83F16N7O15S. The predicted molar refractivity (Wildman–Crippen MR) is 457 cm³/mol. The first-order valence-electron chi connectivity index (χ1n) is 40.6.